The molecule has 0 rings (SSSR count). The molecule has 0 aliphatic carbocycles. The molecule has 0 atom stereocenters. The summed E-state index contributed by atoms with van der Waals surface area (Å²) in [5.74, 6) is 0. The van der Waals surface area contributed by atoms with E-state index in [0.29, 0.717) is 0 Å². The summed E-state index contributed by atoms with van der Waals surface area (Å²) in [6, 6.07) is 0. The minimum atomic E-state index is 0. The summed E-state index contributed by atoms with van der Waals surface area (Å²) in [7, 11) is 0. The molecule has 0 bridgehead atoms. The topological polar surface area (TPSA) is 9.23 Å². The van der Waals surface area contributed by atoms with E-state index in [1.54, 1.807) is 0 Å². The molecule has 0 aliphatic heterocycles. The van der Waals surface area contributed by atoms with Crippen LogP contribution in [0.5, 0.6) is 0 Å². The van der Waals surface area contributed by atoms with Crippen LogP contribution in [0.3, 0.4) is 0 Å². The van der Waals surface area contributed by atoms with Crippen molar-refractivity contribution in [1.29, 1.82) is 0 Å². The summed E-state index contributed by atoms with van der Waals surface area (Å²) in [5, 5.41) is 0. The Kier molecular flexibility index (Phi) is 13.5. The Morgan fingerprint density at radius 1 is 1.25 bits per heavy atom. The number of hydrogen-bond acceptors (Lipinski definition) is 1. The number of ether oxygens (including phenoxy) is 1. The number of rotatable bonds is 3. The Labute approximate surface area is 104 Å². The molecule has 0 N–H and O–H groups in total. The van der Waals surface area contributed by atoms with Crippen LogP contribution in [0, 0.1) is 17.9 Å². The molecule has 0 spiro atoms. The molecule has 1 radical (unpaired) electrons. The van der Waals surface area contributed by atoms with Gasteiger partial charge in [-0.2, -0.15) is 19.3 Å². The van der Waals surface area contributed by atoms with Gasteiger partial charge in [-0.1, -0.05) is 28.2 Å². The molecule has 0 fully saturated rings. The SMILES string of the molecule is C.C[C-](C)OC[CH-]C(C)(C)C.[Y]. The Bertz CT molecular complexity index is 84.3. The van der Waals surface area contributed by atoms with Crippen molar-refractivity contribution >= 4 is 0 Å². The summed E-state index contributed by atoms with van der Waals surface area (Å²) >= 11 is 0. The molecule has 73 valence electrons. The predicted octanol–water partition coefficient (Wildman–Crippen LogP) is 3.46. The van der Waals surface area contributed by atoms with E-state index in [0.717, 1.165) is 12.7 Å². The smallest absolute Gasteiger partial charge is 0 e. The van der Waals surface area contributed by atoms with E-state index in [1.165, 1.54) is 0 Å². The zero-order valence-corrected chi connectivity index (χ0v) is 11.1. The molecule has 0 aromatic carbocycles. The van der Waals surface area contributed by atoms with Crippen LogP contribution in [0.2, 0.25) is 0 Å². The first-order chi connectivity index (χ1) is 4.42. The fourth-order valence-electron chi connectivity index (χ4n) is 0.458. The van der Waals surface area contributed by atoms with Gasteiger partial charge in [0.1, 0.15) is 0 Å². The van der Waals surface area contributed by atoms with Gasteiger partial charge in [-0.15, -0.1) is 6.61 Å². The molecule has 0 aromatic rings. The molecule has 0 heterocycles. The minimum Gasteiger partial charge on any atom is -0.575 e. The largest absolute Gasteiger partial charge is 0.575 e. The van der Waals surface area contributed by atoms with Gasteiger partial charge in [-0.25, -0.2) is 6.10 Å². The molecule has 0 unspecified atom stereocenters. The van der Waals surface area contributed by atoms with Crippen LogP contribution < -0.4 is 0 Å². The van der Waals surface area contributed by atoms with Crippen molar-refractivity contribution in [1.82, 2.24) is 0 Å². The normalized spacial score (nSPS) is 10.5. The first-order valence-corrected chi connectivity index (χ1v) is 3.69. The van der Waals surface area contributed by atoms with Gasteiger partial charge in [-0.3, -0.25) is 0 Å². The van der Waals surface area contributed by atoms with Gasteiger partial charge in [0.25, 0.3) is 0 Å². The van der Waals surface area contributed by atoms with Gasteiger partial charge in [0, 0.05) is 32.7 Å². The summed E-state index contributed by atoms with van der Waals surface area (Å²) in [6.07, 6.45) is 3.19. The first-order valence-electron chi connectivity index (χ1n) is 3.69. The van der Waals surface area contributed by atoms with Gasteiger partial charge in [0.2, 0.25) is 0 Å². The first kappa shape index (κ1) is 18.8. The monoisotopic (exact) mass is 247 g/mol. The Balaban J connectivity index is -0.000000405. The van der Waals surface area contributed by atoms with Crippen LogP contribution in [0.1, 0.15) is 42.0 Å². The summed E-state index contributed by atoms with van der Waals surface area (Å²) in [6.45, 7) is 11.2. The molecule has 0 amide bonds. The third-order valence-electron chi connectivity index (χ3n) is 1.07. The molecule has 1 nitrogen and oxygen atoms in total. The predicted molar refractivity (Wildman–Crippen MR) is 51.0 cm³/mol. The van der Waals surface area contributed by atoms with E-state index >= 15 is 0 Å². The van der Waals surface area contributed by atoms with Crippen LogP contribution in [0.25, 0.3) is 0 Å². The molecular weight excluding hydrogens is 225 g/mol. The molecule has 0 saturated carbocycles. The van der Waals surface area contributed by atoms with Crippen molar-refractivity contribution < 1.29 is 37.4 Å². The molecule has 12 heavy (non-hydrogen) atoms. The van der Waals surface area contributed by atoms with E-state index in [2.05, 4.69) is 27.2 Å². The average molecular weight is 247 g/mol. The molecule has 2 heteroatoms. The summed E-state index contributed by atoms with van der Waals surface area (Å²) in [5.41, 5.74) is 0.273. The van der Waals surface area contributed by atoms with Gasteiger partial charge in [0.05, 0.1) is 0 Å². The van der Waals surface area contributed by atoms with Crippen molar-refractivity contribution in [2.75, 3.05) is 6.61 Å². The standard InChI is InChI=1S/C9H18O.CH4.Y/c1-8(2)10-7-6-9(3,4)5;;/h6H,7H2,1-5H3;1H4;/q-2;;. The van der Waals surface area contributed by atoms with Crippen molar-refractivity contribution in [3.05, 3.63) is 12.5 Å². The molecule has 0 aromatic heterocycles. The second-order valence-corrected chi connectivity index (χ2v) is 3.79. The van der Waals surface area contributed by atoms with E-state index in [1.807, 2.05) is 13.8 Å². The average Bonchev–Trinajstić information content (AvgIpc) is 1.59. The zero-order valence-electron chi connectivity index (χ0n) is 8.27. The van der Waals surface area contributed by atoms with Crippen LogP contribution in [0.15, 0.2) is 0 Å². The van der Waals surface area contributed by atoms with E-state index in [4.69, 9.17) is 4.74 Å². The quantitative estimate of drug-likeness (QED) is 0.694. The van der Waals surface area contributed by atoms with Crippen molar-refractivity contribution in [3.63, 3.8) is 0 Å². The minimum absolute atomic E-state index is 0. The molecular formula is C10H22OY-2. The van der Waals surface area contributed by atoms with E-state index < -0.39 is 0 Å². The van der Waals surface area contributed by atoms with Crippen molar-refractivity contribution in [2.45, 2.75) is 42.0 Å². The fourth-order valence-corrected chi connectivity index (χ4v) is 0.458. The molecule has 0 aliphatic rings. The van der Waals surface area contributed by atoms with Gasteiger partial charge in [0.15, 0.2) is 0 Å². The second kappa shape index (κ2) is 8.65. The Hall–Kier alpha value is 1.06. The van der Waals surface area contributed by atoms with Crippen LogP contribution in [-0.4, -0.2) is 6.61 Å². The van der Waals surface area contributed by atoms with E-state index in [-0.39, 0.29) is 45.6 Å². The zero-order chi connectivity index (χ0) is 8.20. The van der Waals surface area contributed by atoms with Crippen molar-refractivity contribution in [2.24, 2.45) is 5.41 Å². The second-order valence-electron chi connectivity index (χ2n) is 3.79. The maximum Gasteiger partial charge on any atom is 0 e. The van der Waals surface area contributed by atoms with Crippen molar-refractivity contribution in [3.8, 4) is 0 Å². The third kappa shape index (κ3) is 17.2. The maximum absolute atomic E-state index is 5.28. The Morgan fingerprint density at radius 2 is 1.67 bits per heavy atom. The van der Waals surface area contributed by atoms with Gasteiger partial charge < -0.3 is 11.2 Å². The molecule has 0 saturated heterocycles. The fraction of sp³-hybridized carbons (Fsp3) is 0.800. The van der Waals surface area contributed by atoms with Crippen LogP contribution in [0.4, 0.5) is 0 Å². The van der Waals surface area contributed by atoms with Gasteiger partial charge in [-0.05, 0) is 0 Å². The Morgan fingerprint density at radius 3 is 1.92 bits per heavy atom. The van der Waals surface area contributed by atoms with Crippen LogP contribution >= 0.6 is 0 Å². The van der Waals surface area contributed by atoms with E-state index in [9.17, 15) is 0 Å². The van der Waals surface area contributed by atoms with Crippen LogP contribution in [-0.2, 0) is 37.4 Å². The maximum atomic E-state index is 5.28. The van der Waals surface area contributed by atoms with Gasteiger partial charge >= 0.3 is 0 Å². The third-order valence-corrected chi connectivity index (χ3v) is 1.07. The number of hydrogen-bond donors (Lipinski definition) is 0. The summed E-state index contributed by atoms with van der Waals surface area (Å²) in [4.78, 5) is 0. The summed E-state index contributed by atoms with van der Waals surface area (Å²) < 4.78 is 5.28.